The van der Waals surface area contributed by atoms with Crippen molar-refractivity contribution in [3.8, 4) is 0 Å². The van der Waals surface area contributed by atoms with Gasteiger partial charge in [-0.15, -0.1) is 0 Å². The summed E-state index contributed by atoms with van der Waals surface area (Å²) in [4.78, 5) is 24.5. The maximum atomic E-state index is 12.6. The van der Waals surface area contributed by atoms with Crippen molar-refractivity contribution < 1.29 is 14.3 Å². The van der Waals surface area contributed by atoms with Gasteiger partial charge in [0.15, 0.2) is 11.6 Å². The zero-order valence-electron chi connectivity index (χ0n) is 14.7. The average molecular weight is 333 g/mol. The van der Waals surface area contributed by atoms with Crippen LogP contribution in [0.5, 0.6) is 0 Å². The molecule has 4 rings (SSSR count). The van der Waals surface area contributed by atoms with E-state index in [1.165, 1.54) is 64.2 Å². The first-order valence-electron chi connectivity index (χ1n) is 10.2. The van der Waals surface area contributed by atoms with E-state index in [1.54, 1.807) is 0 Å². The summed E-state index contributed by atoms with van der Waals surface area (Å²) >= 11 is 0. The summed E-state index contributed by atoms with van der Waals surface area (Å²) in [5, 5.41) is 2.96. The Kier molecular flexibility index (Phi) is 4.57. The van der Waals surface area contributed by atoms with Gasteiger partial charge in [-0.05, 0) is 31.1 Å². The molecule has 4 nitrogen and oxygen atoms in total. The lowest BCUT2D eigenvalue weighted by molar-refractivity contribution is -0.206. The van der Waals surface area contributed by atoms with Crippen molar-refractivity contribution >= 4 is 11.9 Å². The number of amides is 1. The van der Waals surface area contributed by atoms with E-state index < -0.39 is 5.60 Å². The highest BCUT2D eigenvalue weighted by Gasteiger charge is 2.68. The third-order valence-corrected chi connectivity index (χ3v) is 7.17. The van der Waals surface area contributed by atoms with Gasteiger partial charge in [0.2, 0.25) is 5.91 Å². The maximum Gasteiger partial charge on any atom is 0.333 e. The summed E-state index contributed by atoms with van der Waals surface area (Å²) < 4.78 is 5.74. The van der Waals surface area contributed by atoms with Gasteiger partial charge in [-0.1, -0.05) is 64.2 Å². The summed E-state index contributed by atoms with van der Waals surface area (Å²) in [5.74, 6) is 1.16. The van der Waals surface area contributed by atoms with Crippen LogP contribution in [0.3, 0.4) is 0 Å². The van der Waals surface area contributed by atoms with Gasteiger partial charge in [-0.3, -0.25) is 4.79 Å². The summed E-state index contributed by atoms with van der Waals surface area (Å²) in [6.07, 6.45) is 15.9. The fraction of sp³-hybridized carbons (Fsp3) is 0.900. The molecule has 0 bridgehead atoms. The fourth-order valence-electron chi connectivity index (χ4n) is 5.70. The van der Waals surface area contributed by atoms with Crippen LogP contribution in [0, 0.1) is 17.8 Å². The Morgan fingerprint density at radius 1 is 0.917 bits per heavy atom. The monoisotopic (exact) mass is 333 g/mol. The molecular formula is C20H31NO3. The quantitative estimate of drug-likeness (QED) is 0.780. The van der Waals surface area contributed by atoms with Crippen molar-refractivity contribution in [2.75, 3.05) is 0 Å². The first-order chi connectivity index (χ1) is 11.7. The number of rotatable bonds is 5. The van der Waals surface area contributed by atoms with Crippen molar-refractivity contribution in [1.82, 2.24) is 5.32 Å². The van der Waals surface area contributed by atoms with Crippen LogP contribution >= 0.6 is 0 Å². The molecule has 0 aromatic heterocycles. The molecule has 2 unspecified atom stereocenters. The number of fused-ring (bicyclic) bond motifs is 1. The van der Waals surface area contributed by atoms with Gasteiger partial charge in [-0.2, -0.15) is 0 Å². The maximum absolute atomic E-state index is 12.6. The fourth-order valence-corrected chi connectivity index (χ4v) is 5.70. The topological polar surface area (TPSA) is 55.4 Å². The molecule has 2 aliphatic heterocycles. The van der Waals surface area contributed by atoms with Crippen LogP contribution < -0.4 is 5.32 Å². The molecule has 134 valence electrons. The number of esters is 1. The van der Waals surface area contributed by atoms with Crippen molar-refractivity contribution in [1.29, 1.82) is 0 Å². The lowest BCUT2D eigenvalue weighted by atomic mass is 9.70. The first-order valence-corrected chi connectivity index (χ1v) is 10.2. The average Bonchev–Trinajstić information content (AvgIpc) is 2.83. The molecule has 3 atom stereocenters. The predicted molar refractivity (Wildman–Crippen MR) is 91.2 cm³/mol. The SMILES string of the molecule is O=C1OC2(CCC3CCCCC3)C1NC(=O)[C@@H]2CC1CCCCC1. The minimum absolute atomic E-state index is 0.0695. The highest BCUT2D eigenvalue weighted by atomic mass is 16.6. The Labute approximate surface area is 145 Å². The summed E-state index contributed by atoms with van der Waals surface area (Å²) in [6, 6.07) is -0.359. The molecule has 1 N–H and O–H groups in total. The molecule has 0 aromatic carbocycles. The van der Waals surface area contributed by atoms with Crippen LogP contribution in [0.15, 0.2) is 0 Å². The van der Waals surface area contributed by atoms with Gasteiger partial charge >= 0.3 is 5.97 Å². The zero-order chi connectivity index (χ0) is 16.6. The first kappa shape index (κ1) is 16.4. The van der Waals surface area contributed by atoms with Crippen molar-refractivity contribution in [3.05, 3.63) is 0 Å². The Morgan fingerprint density at radius 2 is 1.54 bits per heavy atom. The van der Waals surface area contributed by atoms with Gasteiger partial charge in [0, 0.05) is 0 Å². The van der Waals surface area contributed by atoms with E-state index in [9.17, 15) is 9.59 Å². The van der Waals surface area contributed by atoms with Crippen LogP contribution in [-0.2, 0) is 14.3 Å². The molecule has 0 spiro atoms. The summed E-state index contributed by atoms with van der Waals surface area (Å²) in [7, 11) is 0. The van der Waals surface area contributed by atoms with E-state index in [0.717, 1.165) is 25.2 Å². The molecule has 4 fully saturated rings. The molecule has 1 amide bonds. The minimum Gasteiger partial charge on any atom is -0.454 e. The second-order valence-corrected chi connectivity index (χ2v) is 8.65. The highest BCUT2D eigenvalue weighted by Crippen LogP contribution is 2.49. The highest BCUT2D eigenvalue weighted by molar-refractivity contribution is 5.97. The molecule has 4 aliphatic rings. The standard InChI is InChI=1S/C20H31NO3/c22-18-16(13-15-9-5-2-6-10-15)20(17(21-18)19(23)24-20)12-11-14-7-3-1-4-8-14/h14-17H,1-13H2,(H,21,22)/t16-,17?,20?/m0/s1. The number of hydrogen-bond donors (Lipinski definition) is 1. The Balaban J connectivity index is 1.44. The molecule has 2 saturated carbocycles. The normalized spacial score (nSPS) is 37.5. The molecular weight excluding hydrogens is 302 g/mol. The predicted octanol–water partition coefficient (Wildman–Crippen LogP) is 3.73. The van der Waals surface area contributed by atoms with E-state index in [0.29, 0.717) is 5.92 Å². The van der Waals surface area contributed by atoms with Gasteiger partial charge < -0.3 is 10.1 Å². The molecule has 0 aromatic rings. The second kappa shape index (κ2) is 6.68. The van der Waals surface area contributed by atoms with E-state index in [4.69, 9.17) is 4.74 Å². The van der Waals surface area contributed by atoms with Crippen molar-refractivity contribution in [2.45, 2.75) is 95.1 Å². The Bertz CT molecular complexity index is 493. The van der Waals surface area contributed by atoms with E-state index >= 15 is 0 Å². The third-order valence-electron chi connectivity index (χ3n) is 7.17. The smallest absolute Gasteiger partial charge is 0.333 e. The Hall–Kier alpha value is -1.06. The van der Waals surface area contributed by atoms with Crippen molar-refractivity contribution in [3.63, 3.8) is 0 Å². The number of ether oxygens (including phenoxy) is 1. The molecule has 0 radical (unpaired) electrons. The molecule has 2 saturated heterocycles. The lowest BCUT2D eigenvalue weighted by Gasteiger charge is -2.46. The second-order valence-electron chi connectivity index (χ2n) is 8.65. The van der Waals surface area contributed by atoms with Crippen LogP contribution in [-0.4, -0.2) is 23.5 Å². The van der Waals surface area contributed by atoms with E-state index in [-0.39, 0.29) is 23.8 Å². The van der Waals surface area contributed by atoms with Gasteiger partial charge in [-0.25, -0.2) is 4.79 Å². The van der Waals surface area contributed by atoms with E-state index in [2.05, 4.69) is 5.32 Å². The van der Waals surface area contributed by atoms with Gasteiger partial charge in [0.1, 0.15) is 0 Å². The lowest BCUT2D eigenvalue weighted by Crippen LogP contribution is -2.65. The largest absolute Gasteiger partial charge is 0.454 e. The molecule has 4 heteroatoms. The molecule has 2 heterocycles. The zero-order valence-corrected chi connectivity index (χ0v) is 14.7. The van der Waals surface area contributed by atoms with Crippen LogP contribution in [0.4, 0.5) is 0 Å². The number of carbonyl (C=O) groups is 2. The van der Waals surface area contributed by atoms with Gasteiger partial charge in [0.25, 0.3) is 0 Å². The third kappa shape index (κ3) is 2.86. The van der Waals surface area contributed by atoms with E-state index in [1.807, 2.05) is 0 Å². The van der Waals surface area contributed by atoms with Crippen LogP contribution in [0.2, 0.25) is 0 Å². The van der Waals surface area contributed by atoms with Crippen LogP contribution in [0.1, 0.15) is 83.5 Å². The summed E-state index contributed by atoms with van der Waals surface area (Å²) in [6.45, 7) is 0. The minimum atomic E-state index is -0.511. The number of nitrogens with one attached hydrogen (secondary N) is 1. The van der Waals surface area contributed by atoms with Gasteiger partial charge in [0.05, 0.1) is 5.92 Å². The Morgan fingerprint density at radius 3 is 2.17 bits per heavy atom. The molecule has 24 heavy (non-hydrogen) atoms. The number of hydrogen-bond acceptors (Lipinski definition) is 3. The molecule has 2 aliphatic carbocycles. The summed E-state index contributed by atoms with van der Waals surface area (Å²) in [5.41, 5.74) is -0.511. The van der Waals surface area contributed by atoms with Crippen molar-refractivity contribution in [2.24, 2.45) is 17.8 Å². The number of carbonyl (C=O) groups excluding carboxylic acids is 2. The van der Waals surface area contributed by atoms with Crippen LogP contribution in [0.25, 0.3) is 0 Å².